The number of hydrogen-bond donors (Lipinski definition) is 3. The standard InChI is InChI=1S/C12H24N4O2/c1-3-9-4-5-16(10(6-9)7-13)8-11(17)15-12(18)14-2/h9-10H,3-8,13H2,1-2H3,(H2,14,15,17,18). The molecule has 3 amide bonds. The first-order valence-electron chi connectivity index (χ1n) is 6.56. The molecule has 0 aliphatic carbocycles. The first-order valence-corrected chi connectivity index (χ1v) is 6.56. The molecule has 2 atom stereocenters. The number of carbonyl (C=O) groups is 2. The topological polar surface area (TPSA) is 87.5 Å². The van der Waals surface area contributed by atoms with E-state index in [9.17, 15) is 9.59 Å². The maximum atomic E-state index is 11.6. The normalized spacial score (nSPS) is 24.6. The zero-order valence-corrected chi connectivity index (χ0v) is 11.2. The molecule has 0 bridgehead atoms. The fourth-order valence-corrected chi connectivity index (χ4v) is 2.42. The number of nitrogens with one attached hydrogen (secondary N) is 2. The Morgan fingerprint density at radius 1 is 1.44 bits per heavy atom. The van der Waals surface area contributed by atoms with Crippen LogP contribution in [0, 0.1) is 5.92 Å². The van der Waals surface area contributed by atoms with Gasteiger partial charge in [-0.2, -0.15) is 0 Å². The molecule has 0 saturated carbocycles. The molecule has 1 aliphatic rings. The molecule has 0 spiro atoms. The fourth-order valence-electron chi connectivity index (χ4n) is 2.42. The maximum Gasteiger partial charge on any atom is 0.321 e. The van der Waals surface area contributed by atoms with Crippen molar-refractivity contribution in [2.45, 2.75) is 32.2 Å². The van der Waals surface area contributed by atoms with Gasteiger partial charge in [-0.25, -0.2) is 4.79 Å². The van der Waals surface area contributed by atoms with Gasteiger partial charge in [0.15, 0.2) is 0 Å². The number of piperidine rings is 1. The zero-order valence-electron chi connectivity index (χ0n) is 11.2. The van der Waals surface area contributed by atoms with Crippen LogP contribution < -0.4 is 16.4 Å². The van der Waals surface area contributed by atoms with Crippen LogP contribution in [0.4, 0.5) is 4.79 Å². The highest BCUT2D eigenvalue weighted by atomic mass is 16.2. The Hall–Kier alpha value is -1.14. The third-order valence-electron chi connectivity index (χ3n) is 3.62. The van der Waals surface area contributed by atoms with Crippen LogP contribution in [0.5, 0.6) is 0 Å². The van der Waals surface area contributed by atoms with Crippen molar-refractivity contribution >= 4 is 11.9 Å². The van der Waals surface area contributed by atoms with E-state index in [2.05, 4.69) is 22.5 Å². The average Bonchev–Trinajstić information content (AvgIpc) is 2.38. The van der Waals surface area contributed by atoms with E-state index in [1.54, 1.807) is 0 Å². The third-order valence-corrected chi connectivity index (χ3v) is 3.62. The minimum atomic E-state index is -0.465. The highest BCUT2D eigenvalue weighted by molar-refractivity contribution is 5.95. The van der Waals surface area contributed by atoms with Crippen molar-refractivity contribution in [3.8, 4) is 0 Å². The molecule has 1 rings (SSSR count). The number of carbonyl (C=O) groups excluding carboxylic acids is 2. The van der Waals surface area contributed by atoms with Gasteiger partial charge in [0.25, 0.3) is 0 Å². The van der Waals surface area contributed by atoms with Gasteiger partial charge in [0.05, 0.1) is 6.54 Å². The highest BCUT2D eigenvalue weighted by Gasteiger charge is 2.28. The summed E-state index contributed by atoms with van der Waals surface area (Å²) in [4.78, 5) is 24.7. The summed E-state index contributed by atoms with van der Waals surface area (Å²) in [5.74, 6) is 0.430. The number of imide groups is 1. The van der Waals surface area contributed by atoms with Crippen LogP contribution in [0.3, 0.4) is 0 Å². The van der Waals surface area contributed by atoms with Crippen LogP contribution in [0.1, 0.15) is 26.2 Å². The van der Waals surface area contributed by atoms with E-state index < -0.39 is 6.03 Å². The molecule has 2 unspecified atom stereocenters. The van der Waals surface area contributed by atoms with Crippen LogP contribution in [0.25, 0.3) is 0 Å². The van der Waals surface area contributed by atoms with Crippen LogP contribution in [-0.2, 0) is 4.79 Å². The van der Waals surface area contributed by atoms with Gasteiger partial charge in [-0.3, -0.25) is 15.0 Å². The number of rotatable bonds is 4. The number of nitrogens with zero attached hydrogens (tertiary/aromatic N) is 1. The SMILES string of the molecule is CCC1CCN(CC(=O)NC(=O)NC)C(CN)C1. The molecular weight excluding hydrogens is 232 g/mol. The predicted molar refractivity (Wildman–Crippen MR) is 70.0 cm³/mol. The van der Waals surface area contributed by atoms with Crippen molar-refractivity contribution < 1.29 is 9.59 Å². The molecule has 0 radical (unpaired) electrons. The minimum Gasteiger partial charge on any atom is -0.341 e. The Kier molecular flexibility index (Phi) is 6.07. The molecule has 4 N–H and O–H groups in total. The molecule has 0 aromatic rings. The van der Waals surface area contributed by atoms with Crippen molar-refractivity contribution in [3.63, 3.8) is 0 Å². The van der Waals surface area contributed by atoms with E-state index in [1.807, 2.05) is 0 Å². The van der Waals surface area contributed by atoms with E-state index in [1.165, 1.54) is 7.05 Å². The molecule has 18 heavy (non-hydrogen) atoms. The number of nitrogens with two attached hydrogens (primary N) is 1. The number of urea groups is 1. The first kappa shape index (κ1) is 14.9. The van der Waals surface area contributed by atoms with Gasteiger partial charge < -0.3 is 11.1 Å². The molecule has 1 fully saturated rings. The first-order chi connectivity index (χ1) is 8.60. The lowest BCUT2D eigenvalue weighted by Crippen LogP contribution is -2.51. The van der Waals surface area contributed by atoms with Crippen molar-refractivity contribution in [3.05, 3.63) is 0 Å². The molecule has 6 nitrogen and oxygen atoms in total. The monoisotopic (exact) mass is 256 g/mol. The second-order valence-electron chi connectivity index (χ2n) is 4.79. The van der Waals surface area contributed by atoms with Gasteiger partial charge in [0.2, 0.25) is 5.91 Å². The summed E-state index contributed by atoms with van der Waals surface area (Å²) in [6.07, 6.45) is 3.30. The number of likely N-dealkylation sites (tertiary alicyclic amines) is 1. The van der Waals surface area contributed by atoms with E-state index in [0.717, 1.165) is 25.8 Å². The Labute approximate surface area is 108 Å². The van der Waals surface area contributed by atoms with Crippen LogP contribution in [0.2, 0.25) is 0 Å². The number of amides is 3. The van der Waals surface area contributed by atoms with Gasteiger partial charge in [-0.05, 0) is 25.3 Å². The van der Waals surface area contributed by atoms with Crippen LogP contribution in [0.15, 0.2) is 0 Å². The largest absolute Gasteiger partial charge is 0.341 e. The lowest BCUT2D eigenvalue weighted by atomic mass is 9.89. The third kappa shape index (κ3) is 4.27. The van der Waals surface area contributed by atoms with E-state index in [4.69, 9.17) is 5.73 Å². The van der Waals surface area contributed by atoms with Crippen molar-refractivity contribution in [2.75, 3.05) is 26.7 Å². The lowest BCUT2D eigenvalue weighted by Gasteiger charge is -2.38. The second-order valence-corrected chi connectivity index (χ2v) is 4.79. The average molecular weight is 256 g/mol. The summed E-state index contributed by atoms with van der Waals surface area (Å²) < 4.78 is 0. The number of hydrogen-bond acceptors (Lipinski definition) is 4. The van der Waals surface area contributed by atoms with Gasteiger partial charge in [0, 0.05) is 19.6 Å². The van der Waals surface area contributed by atoms with E-state index in [0.29, 0.717) is 12.5 Å². The van der Waals surface area contributed by atoms with Crippen molar-refractivity contribution in [2.24, 2.45) is 11.7 Å². The fraction of sp³-hybridized carbons (Fsp3) is 0.833. The Bertz CT molecular complexity index is 296. The van der Waals surface area contributed by atoms with Gasteiger partial charge in [-0.15, -0.1) is 0 Å². The molecule has 1 saturated heterocycles. The Balaban J connectivity index is 2.45. The molecule has 0 aromatic carbocycles. The second kappa shape index (κ2) is 7.33. The summed E-state index contributed by atoms with van der Waals surface area (Å²) in [6, 6.07) is -0.216. The Morgan fingerprint density at radius 2 is 2.17 bits per heavy atom. The summed E-state index contributed by atoms with van der Waals surface area (Å²) in [5.41, 5.74) is 5.76. The van der Waals surface area contributed by atoms with E-state index >= 15 is 0 Å². The van der Waals surface area contributed by atoms with Gasteiger partial charge in [0.1, 0.15) is 0 Å². The summed E-state index contributed by atoms with van der Waals surface area (Å²) in [6.45, 7) is 3.86. The van der Waals surface area contributed by atoms with Crippen LogP contribution in [-0.4, -0.2) is 49.6 Å². The van der Waals surface area contributed by atoms with Crippen molar-refractivity contribution in [1.29, 1.82) is 0 Å². The summed E-state index contributed by atoms with van der Waals surface area (Å²) >= 11 is 0. The smallest absolute Gasteiger partial charge is 0.321 e. The highest BCUT2D eigenvalue weighted by Crippen LogP contribution is 2.24. The van der Waals surface area contributed by atoms with Crippen molar-refractivity contribution in [1.82, 2.24) is 15.5 Å². The van der Waals surface area contributed by atoms with Gasteiger partial charge >= 0.3 is 6.03 Å². The molecular formula is C12H24N4O2. The lowest BCUT2D eigenvalue weighted by molar-refractivity contribution is -0.122. The minimum absolute atomic E-state index is 0.242. The molecule has 104 valence electrons. The van der Waals surface area contributed by atoms with Crippen LogP contribution >= 0.6 is 0 Å². The maximum absolute atomic E-state index is 11.6. The quantitative estimate of drug-likeness (QED) is 0.655. The Morgan fingerprint density at radius 3 is 2.72 bits per heavy atom. The zero-order chi connectivity index (χ0) is 13.5. The molecule has 0 aromatic heterocycles. The molecule has 6 heteroatoms. The van der Waals surface area contributed by atoms with Gasteiger partial charge in [-0.1, -0.05) is 13.3 Å². The predicted octanol–water partition coefficient (Wildman–Crippen LogP) is -0.109. The summed E-state index contributed by atoms with van der Waals surface area (Å²) in [5, 5.41) is 4.64. The summed E-state index contributed by atoms with van der Waals surface area (Å²) in [7, 11) is 1.48. The van der Waals surface area contributed by atoms with E-state index in [-0.39, 0.29) is 18.5 Å². The molecule has 1 aliphatic heterocycles. The molecule has 1 heterocycles.